The van der Waals surface area contributed by atoms with E-state index in [1.807, 2.05) is 0 Å². The van der Waals surface area contributed by atoms with E-state index in [1.54, 1.807) is 11.8 Å². The molecule has 0 spiro atoms. The fraction of sp³-hybridized carbons (Fsp3) is 0.538. The van der Waals surface area contributed by atoms with Gasteiger partial charge in [0.1, 0.15) is 0 Å². The molecule has 0 saturated heterocycles. The van der Waals surface area contributed by atoms with Crippen LogP contribution in [-0.2, 0) is 6.54 Å². The Morgan fingerprint density at radius 3 is 2.25 bits per heavy atom. The zero-order valence-electron chi connectivity index (χ0n) is 10.7. The summed E-state index contributed by atoms with van der Waals surface area (Å²) in [5.74, 6) is 0. The van der Waals surface area contributed by atoms with Crippen molar-refractivity contribution in [2.75, 3.05) is 19.8 Å². The summed E-state index contributed by atoms with van der Waals surface area (Å²) in [5, 5.41) is 0. The lowest BCUT2D eigenvalue weighted by atomic mass is 10.1. The molecule has 2 nitrogen and oxygen atoms in total. The highest BCUT2D eigenvalue weighted by Gasteiger charge is 2.13. The SMILES string of the molecule is CSc1ccc(CN(C)CC(C)(C)N)cc1. The summed E-state index contributed by atoms with van der Waals surface area (Å²) in [6, 6.07) is 8.71. The van der Waals surface area contributed by atoms with Gasteiger partial charge in [-0.3, -0.25) is 0 Å². The molecule has 0 atom stereocenters. The van der Waals surface area contributed by atoms with Gasteiger partial charge in [0.05, 0.1) is 0 Å². The van der Waals surface area contributed by atoms with Crippen LogP contribution in [0.3, 0.4) is 0 Å². The predicted molar refractivity (Wildman–Crippen MR) is 72.8 cm³/mol. The molecular formula is C13H22N2S. The number of rotatable bonds is 5. The summed E-state index contributed by atoms with van der Waals surface area (Å²) < 4.78 is 0. The second kappa shape index (κ2) is 5.71. The first kappa shape index (κ1) is 13.6. The fourth-order valence-corrected chi connectivity index (χ4v) is 2.20. The van der Waals surface area contributed by atoms with Gasteiger partial charge in [0.25, 0.3) is 0 Å². The van der Waals surface area contributed by atoms with E-state index in [2.05, 4.69) is 56.3 Å². The van der Waals surface area contributed by atoms with E-state index in [0.29, 0.717) is 0 Å². The molecule has 0 radical (unpaired) electrons. The Morgan fingerprint density at radius 2 is 1.81 bits per heavy atom. The summed E-state index contributed by atoms with van der Waals surface area (Å²) in [5.41, 5.74) is 7.20. The van der Waals surface area contributed by atoms with E-state index >= 15 is 0 Å². The van der Waals surface area contributed by atoms with Gasteiger partial charge in [-0.2, -0.15) is 0 Å². The topological polar surface area (TPSA) is 29.3 Å². The van der Waals surface area contributed by atoms with Crippen LogP contribution in [0.1, 0.15) is 19.4 Å². The van der Waals surface area contributed by atoms with Crippen molar-refractivity contribution < 1.29 is 0 Å². The standard InChI is InChI=1S/C13H22N2S/c1-13(2,14)10-15(3)9-11-5-7-12(16-4)8-6-11/h5-8H,9-10,14H2,1-4H3. The monoisotopic (exact) mass is 238 g/mol. The highest BCUT2D eigenvalue weighted by Crippen LogP contribution is 2.15. The molecular weight excluding hydrogens is 216 g/mol. The molecule has 1 aromatic carbocycles. The van der Waals surface area contributed by atoms with Crippen LogP contribution in [0.2, 0.25) is 0 Å². The number of likely N-dealkylation sites (N-methyl/N-ethyl adjacent to an activating group) is 1. The molecule has 0 aliphatic heterocycles. The third-order valence-corrected chi connectivity index (χ3v) is 3.03. The molecule has 0 aliphatic carbocycles. The maximum absolute atomic E-state index is 5.99. The number of benzene rings is 1. The molecule has 90 valence electrons. The Balaban J connectivity index is 2.53. The Morgan fingerprint density at radius 1 is 1.25 bits per heavy atom. The molecule has 0 saturated carbocycles. The average Bonchev–Trinajstić information content (AvgIpc) is 2.16. The molecule has 0 fully saturated rings. The van der Waals surface area contributed by atoms with Crippen LogP contribution < -0.4 is 5.73 Å². The Hall–Kier alpha value is -0.510. The highest BCUT2D eigenvalue weighted by atomic mass is 32.2. The average molecular weight is 238 g/mol. The van der Waals surface area contributed by atoms with Crippen LogP contribution in [-0.4, -0.2) is 30.3 Å². The molecule has 3 heteroatoms. The predicted octanol–water partition coefficient (Wildman–Crippen LogP) is 2.58. The number of thioether (sulfide) groups is 1. The van der Waals surface area contributed by atoms with Gasteiger partial charge in [0.2, 0.25) is 0 Å². The summed E-state index contributed by atoms with van der Waals surface area (Å²) in [6.45, 7) is 5.97. The number of hydrogen-bond acceptors (Lipinski definition) is 3. The van der Waals surface area contributed by atoms with Gasteiger partial charge < -0.3 is 10.6 Å². The fourth-order valence-electron chi connectivity index (χ4n) is 1.79. The second-order valence-corrected chi connectivity index (χ2v) is 5.89. The van der Waals surface area contributed by atoms with Crippen molar-refractivity contribution in [3.63, 3.8) is 0 Å². The third-order valence-electron chi connectivity index (χ3n) is 2.29. The van der Waals surface area contributed by atoms with Gasteiger partial charge >= 0.3 is 0 Å². The zero-order valence-corrected chi connectivity index (χ0v) is 11.5. The highest BCUT2D eigenvalue weighted by molar-refractivity contribution is 7.98. The van der Waals surface area contributed by atoms with E-state index in [0.717, 1.165) is 13.1 Å². The van der Waals surface area contributed by atoms with Gasteiger partial charge in [0, 0.05) is 23.5 Å². The Labute approximate surface area is 103 Å². The summed E-state index contributed by atoms with van der Waals surface area (Å²) >= 11 is 1.77. The van der Waals surface area contributed by atoms with Crippen molar-refractivity contribution in [2.24, 2.45) is 5.73 Å². The van der Waals surface area contributed by atoms with E-state index in [-0.39, 0.29) is 5.54 Å². The van der Waals surface area contributed by atoms with Crippen LogP contribution >= 0.6 is 11.8 Å². The minimum absolute atomic E-state index is 0.131. The molecule has 0 aliphatic rings. The van der Waals surface area contributed by atoms with Crippen molar-refractivity contribution in [3.05, 3.63) is 29.8 Å². The molecule has 1 aromatic rings. The first-order valence-corrected chi connectivity index (χ1v) is 6.73. The minimum atomic E-state index is -0.131. The van der Waals surface area contributed by atoms with Crippen molar-refractivity contribution in [3.8, 4) is 0 Å². The first-order valence-electron chi connectivity index (χ1n) is 5.51. The first-order chi connectivity index (χ1) is 7.40. The molecule has 0 heterocycles. The van der Waals surface area contributed by atoms with Crippen LogP contribution in [0.4, 0.5) is 0 Å². The minimum Gasteiger partial charge on any atom is -0.324 e. The molecule has 2 N–H and O–H groups in total. The lowest BCUT2D eigenvalue weighted by molar-refractivity contribution is 0.263. The van der Waals surface area contributed by atoms with Crippen LogP contribution in [0.15, 0.2) is 29.2 Å². The van der Waals surface area contributed by atoms with Crippen LogP contribution in [0.5, 0.6) is 0 Å². The maximum atomic E-state index is 5.99. The van der Waals surface area contributed by atoms with E-state index in [4.69, 9.17) is 5.73 Å². The van der Waals surface area contributed by atoms with Crippen molar-refractivity contribution in [1.29, 1.82) is 0 Å². The van der Waals surface area contributed by atoms with E-state index in [1.165, 1.54) is 10.5 Å². The van der Waals surface area contributed by atoms with Gasteiger partial charge in [-0.25, -0.2) is 0 Å². The smallest absolute Gasteiger partial charge is 0.0231 e. The molecule has 0 unspecified atom stereocenters. The number of nitrogens with two attached hydrogens (primary N) is 1. The van der Waals surface area contributed by atoms with Gasteiger partial charge in [0.15, 0.2) is 0 Å². The number of hydrogen-bond donors (Lipinski definition) is 1. The second-order valence-electron chi connectivity index (χ2n) is 5.01. The van der Waals surface area contributed by atoms with E-state index < -0.39 is 0 Å². The molecule has 0 amide bonds. The summed E-state index contributed by atoms with van der Waals surface area (Å²) in [6.07, 6.45) is 2.10. The Bertz CT molecular complexity index is 314. The van der Waals surface area contributed by atoms with Crippen molar-refractivity contribution in [1.82, 2.24) is 4.90 Å². The summed E-state index contributed by atoms with van der Waals surface area (Å²) in [4.78, 5) is 3.57. The number of nitrogens with zero attached hydrogens (tertiary/aromatic N) is 1. The lowest BCUT2D eigenvalue weighted by Gasteiger charge is -2.26. The van der Waals surface area contributed by atoms with Gasteiger partial charge in [-0.1, -0.05) is 12.1 Å². The summed E-state index contributed by atoms with van der Waals surface area (Å²) in [7, 11) is 2.11. The quantitative estimate of drug-likeness (QED) is 0.800. The maximum Gasteiger partial charge on any atom is 0.0231 e. The normalized spacial score (nSPS) is 12.1. The van der Waals surface area contributed by atoms with Crippen LogP contribution in [0.25, 0.3) is 0 Å². The zero-order chi connectivity index (χ0) is 12.2. The molecule has 16 heavy (non-hydrogen) atoms. The van der Waals surface area contributed by atoms with E-state index in [9.17, 15) is 0 Å². The van der Waals surface area contributed by atoms with Gasteiger partial charge in [-0.15, -0.1) is 11.8 Å². The van der Waals surface area contributed by atoms with Crippen LogP contribution in [0, 0.1) is 0 Å². The Kier molecular flexibility index (Phi) is 4.84. The third kappa shape index (κ3) is 5.01. The lowest BCUT2D eigenvalue weighted by Crippen LogP contribution is -2.43. The molecule has 0 aromatic heterocycles. The largest absolute Gasteiger partial charge is 0.324 e. The van der Waals surface area contributed by atoms with Crippen molar-refractivity contribution >= 4 is 11.8 Å². The molecule has 1 rings (SSSR count). The van der Waals surface area contributed by atoms with Crippen molar-refractivity contribution in [2.45, 2.75) is 30.8 Å². The molecule has 0 bridgehead atoms. The van der Waals surface area contributed by atoms with Gasteiger partial charge in [-0.05, 0) is 44.8 Å².